The van der Waals surface area contributed by atoms with Crippen molar-refractivity contribution in [1.82, 2.24) is 9.13 Å². The van der Waals surface area contributed by atoms with Gasteiger partial charge in [0, 0.05) is 18.8 Å². The van der Waals surface area contributed by atoms with Gasteiger partial charge in [-0.1, -0.05) is 6.08 Å². The molecule has 4 nitrogen and oxygen atoms in total. The summed E-state index contributed by atoms with van der Waals surface area (Å²) in [5.41, 5.74) is -0.592. The van der Waals surface area contributed by atoms with E-state index in [0.717, 1.165) is 4.57 Å². The van der Waals surface area contributed by atoms with Crippen molar-refractivity contribution in [1.29, 1.82) is 0 Å². The Morgan fingerprint density at radius 2 is 1.83 bits per heavy atom. The third kappa shape index (κ3) is 2.15. The van der Waals surface area contributed by atoms with Crippen LogP contribution in [0.15, 0.2) is 58.8 Å². The van der Waals surface area contributed by atoms with Crippen LogP contribution in [0.1, 0.15) is 0 Å². The maximum atomic E-state index is 12.8. The maximum absolute atomic E-state index is 12.8. The third-order valence-corrected chi connectivity index (χ3v) is 2.47. The van der Waals surface area contributed by atoms with Crippen molar-refractivity contribution in [3.05, 3.63) is 75.8 Å². The number of hydrogen-bond acceptors (Lipinski definition) is 2. The molecule has 0 aliphatic rings. The molecular formula is C13H11FN2O2. The summed E-state index contributed by atoms with van der Waals surface area (Å²) in [6, 6.07) is 6.46. The van der Waals surface area contributed by atoms with Gasteiger partial charge in [-0.25, -0.2) is 13.8 Å². The highest BCUT2D eigenvalue weighted by atomic mass is 19.1. The van der Waals surface area contributed by atoms with Gasteiger partial charge in [0.25, 0.3) is 5.56 Å². The van der Waals surface area contributed by atoms with Crippen molar-refractivity contribution in [3.8, 4) is 5.69 Å². The van der Waals surface area contributed by atoms with Crippen molar-refractivity contribution in [2.75, 3.05) is 0 Å². The summed E-state index contributed by atoms with van der Waals surface area (Å²) >= 11 is 0. The van der Waals surface area contributed by atoms with Crippen molar-refractivity contribution in [3.63, 3.8) is 0 Å². The normalized spacial score (nSPS) is 10.3. The minimum absolute atomic E-state index is 0.306. The summed E-state index contributed by atoms with van der Waals surface area (Å²) in [6.45, 7) is 3.84. The van der Waals surface area contributed by atoms with Crippen LogP contribution in [0.5, 0.6) is 0 Å². The molecule has 1 aromatic carbocycles. The van der Waals surface area contributed by atoms with Crippen molar-refractivity contribution in [2.45, 2.75) is 6.54 Å². The molecule has 1 aromatic heterocycles. The molecule has 2 rings (SSSR count). The fourth-order valence-corrected chi connectivity index (χ4v) is 1.62. The average Bonchev–Trinajstić information content (AvgIpc) is 2.35. The van der Waals surface area contributed by atoms with E-state index < -0.39 is 17.1 Å². The highest BCUT2D eigenvalue weighted by Gasteiger charge is 2.06. The van der Waals surface area contributed by atoms with Crippen LogP contribution < -0.4 is 11.2 Å². The van der Waals surface area contributed by atoms with E-state index in [1.54, 1.807) is 6.08 Å². The SMILES string of the molecule is C=CCn1ccc(=O)n(-c2ccc(F)cc2)c1=O. The molecule has 0 radical (unpaired) electrons. The smallest absolute Gasteiger partial charge is 0.296 e. The Bertz CT molecular complexity index is 683. The molecule has 0 aliphatic heterocycles. The molecule has 0 N–H and O–H groups in total. The Morgan fingerprint density at radius 3 is 2.44 bits per heavy atom. The van der Waals surface area contributed by atoms with Crippen LogP contribution in [0.4, 0.5) is 4.39 Å². The number of hydrogen-bond donors (Lipinski definition) is 0. The topological polar surface area (TPSA) is 44.0 Å². The summed E-state index contributed by atoms with van der Waals surface area (Å²) in [5.74, 6) is -0.422. The second-order valence-corrected chi connectivity index (χ2v) is 3.69. The van der Waals surface area contributed by atoms with Crippen LogP contribution in [-0.4, -0.2) is 9.13 Å². The summed E-state index contributed by atoms with van der Waals surface area (Å²) in [6.07, 6.45) is 2.97. The fraction of sp³-hybridized carbons (Fsp3) is 0.0769. The lowest BCUT2D eigenvalue weighted by molar-refractivity contribution is 0.626. The second-order valence-electron chi connectivity index (χ2n) is 3.69. The fourth-order valence-electron chi connectivity index (χ4n) is 1.62. The first-order chi connectivity index (χ1) is 8.63. The molecule has 0 unspecified atom stereocenters. The Kier molecular flexibility index (Phi) is 3.23. The van der Waals surface area contributed by atoms with E-state index in [1.165, 1.54) is 41.1 Å². The molecule has 0 spiro atoms. The molecule has 2 aromatic rings. The molecule has 0 aliphatic carbocycles. The van der Waals surface area contributed by atoms with Gasteiger partial charge in [0.2, 0.25) is 0 Å². The molecular weight excluding hydrogens is 235 g/mol. The lowest BCUT2D eigenvalue weighted by Gasteiger charge is -2.07. The Labute approximate surface area is 102 Å². The predicted molar refractivity (Wildman–Crippen MR) is 66.5 cm³/mol. The largest absolute Gasteiger partial charge is 0.335 e. The van der Waals surface area contributed by atoms with Crippen LogP contribution in [0.25, 0.3) is 5.69 Å². The summed E-state index contributed by atoms with van der Waals surface area (Å²) in [5, 5.41) is 0. The van der Waals surface area contributed by atoms with E-state index in [2.05, 4.69) is 6.58 Å². The lowest BCUT2D eigenvalue weighted by Crippen LogP contribution is -2.37. The molecule has 92 valence electrons. The number of aromatic nitrogens is 2. The molecule has 0 saturated heterocycles. The van der Waals surface area contributed by atoms with Gasteiger partial charge in [-0.3, -0.25) is 9.36 Å². The van der Waals surface area contributed by atoms with Crippen LogP contribution in [0.3, 0.4) is 0 Å². The zero-order valence-electron chi connectivity index (χ0n) is 9.54. The molecule has 0 saturated carbocycles. The zero-order chi connectivity index (χ0) is 13.1. The monoisotopic (exact) mass is 246 g/mol. The molecule has 0 amide bonds. The van der Waals surface area contributed by atoms with Gasteiger partial charge in [-0.15, -0.1) is 6.58 Å². The molecule has 0 fully saturated rings. The van der Waals surface area contributed by atoms with Gasteiger partial charge < -0.3 is 0 Å². The molecule has 0 bridgehead atoms. The van der Waals surface area contributed by atoms with Gasteiger partial charge >= 0.3 is 5.69 Å². The van der Waals surface area contributed by atoms with Gasteiger partial charge in [-0.05, 0) is 24.3 Å². The molecule has 0 atom stereocenters. The van der Waals surface area contributed by atoms with Crippen LogP contribution in [0.2, 0.25) is 0 Å². The van der Waals surface area contributed by atoms with E-state index in [4.69, 9.17) is 0 Å². The van der Waals surface area contributed by atoms with Gasteiger partial charge in [0.05, 0.1) is 5.69 Å². The first-order valence-electron chi connectivity index (χ1n) is 5.33. The van der Waals surface area contributed by atoms with E-state index in [1.807, 2.05) is 0 Å². The number of benzene rings is 1. The minimum atomic E-state index is -0.478. The van der Waals surface area contributed by atoms with E-state index >= 15 is 0 Å². The van der Waals surface area contributed by atoms with Crippen molar-refractivity contribution < 1.29 is 4.39 Å². The highest BCUT2D eigenvalue weighted by Crippen LogP contribution is 2.04. The first kappa shape index (κ1) is 12.0. The zero-order valence-corrected chi connectivity index (χ0v) is 9.54. The standard InChI is InChI=1S/C13H11FN2O2/c1-2-8-15-9-7-12(17)16(13(15)18)11-5-3-10(14)4-6-11/h2-7,9H,1,8H2. The van der Waals surface area contributed by atoms with E-state index in [9.17, 15) is 14.0 Å². The molecule has 18 heavy (non-hydrogen) atoms. The highest BCUT2D eigenvalue weighted by molar-refractivity contribution is 5.31. The Balaban J connectivity index is 2.66. The lowest BCUT2D eigenvalue weighted by atomic mass is 10.3. The quantitative estimate of drug-likeness (QED) is 0.767. The van der Waals surface area contributed by atoms with Gasteiger partial charge in [0.1, 0.15) is 5.82 Å². The summed E-state index contributed by atoms with van der Waals surface area (Å²) in [7, 11) is 0. The number of rotatable bonds is 3. The van der Waals surface area contributed by atoms with Crippen molar-refractivity contribution in [2.24, 2.45) is 0 Å². The third-order valence-electron chi connectivity index (χ3n) is 2.47. The number of nitrogens with zero attached hydrogens (tertiary/aromatic N) is 2. The van der Waals surface area contributed by atoms with Gasteiger partial charge in [0.15, 0.2) is 0 Å². The predicted octanol–water partition coefficient (Wildman–Crippen LogP) is 1.32. The molecule has 5 heteroatoms. The summed E-state index contributed by atoms with van der Waals surface area (Å²) in [4.78, 5) is 23.8. The van der Waals surface area contributed by atoms with Crippen molar-refractivity contribution >= 4 is 0 Å². The van der Waals surface area contributed by atoms with Crippen LogP contribution >= 0.6 is 0 Å². The Hall–Kier alpha value is -2.43. The van der Waals surface area contributed by atoms with E-state index in [0.29, 0.717) is 12.2 Å². The van der Waals surface area contributed by atoms with E-state index in [-0.39, 0.29) is 0 Å². The maximum Gasteiger partial charge on any atom is 0.335 e. The van der Waals surface area contributed by atoms with Crippen LogP contribution in [-0.2, 0) is 6.54 Å². The summed E-state index contributed by atoms with van der Waals surface area (Å²) < 4.78 is 15.2. The van der Waals surface area contributed by atoms with Crippen LogP contribution in [0, 0.1) is 5.82 Å². The number of allylic oxidation sites excluding steroid dienone is 1. The Morgan fingerprint density at radius 1 is 1.17 bits per heavy atom. The number of halogens is 1. The average molecular weight is 246 g/mol. The second kappa shape index (κ2) is 4.83. The first-order valence-corrected chi connectivity index (χ1v) is 5.33. The minimum Gasteiger partial charge on any atom is -0.296 e. The van der Waals surface area contributed by atoms with Gasteiger partial charge in [-0.2, -0.15) is 0 Å². The molecule has 1 heterocycles.